The summed E-state index contributed by atoms with van der Waals surface area (Å²) < 4.78 is 38.0. The molecule has 0 saturated carbocycles. The highest BCUT2D eigenvalue weighted by atomic mass is 19.4. The van der Waals surface area contributed by atoms with Crippen LogP contribution in [0.2, 0.25) is 0 Å². The second-order valence-electron chi connectivity index (χ2n) is 5.51. The number of carbonyl (C=O) groups excluding carboxylic acids is 1. The van der Waals surface area contributed by atoms with Gasteiger partial charge in [0.2, 0.25) is 0 Å². The van der Waals surface area contributed by atoms with Gasteiger partial charge in [-0.1, -0.05) is 24.3 Å². The molecular formula is C18H11F3N2O3. The Balaban J connectivity index is 2.03. The van der Waals surface area contributed by atoms with Gasteiger partial charge in [-0.25, -0.2) is 0 Å². The van der Waals surface area contributed by atoms with Gasteiger partial charge in [0.15, 0.2) is 6.29 Å². The molecule has 0 unspecified atom stereocenters. The number of aldehydes is 1. The molecule has 132 valence electrons. The van der Waals surface area contributed by atoms with Crippen molar-refractivity contribution in [2.75, 3.05) is 0 Å². The highest BCUT2D eigenvalue weighted by Gasteiger charge is 2.30. The maximum atomic E-state index is 12.7. The number of nitrogens with one attached hydrogen (secondary N) is 1. The van der Waals surface area contributed by atoms with Crippen molar-refractivity contribution >= 4 is 12.0 Å². The molecule has 0 aliphatic rings. The fourth-order valence-corrected chi connectivity index (χ4v) is 2.57. The molecule has 3 aromatic rings. The van der Waals surface area contributed by atoms with E-state index in [2.05, 4.69) is 4.98 Å². The van der Waals surface area contributed by atoms with Crippen molar-refractivity contribution in [2.24, 2.45) is 0 Å². The Bertz CT molecular complexity index is 976. The van der Waals surface area contributed by atoms with Crippen LogP contribution in [0.3, 0.4) is 0 Å². The van der Waals surface area contributed by atoms with E-state index >= 15 is 0 Å². The molecule has 0 atom stereocenters. The Labute approximate surface area is 145 Å². The third kappa shape index (κ3) is 3.34. The molecule has 1 aromatic heterocycles. The molecule has 2 aromatic carbocycles. The average Bonchev–Trinajstić information content (AvgIpc) is 3.05. The number of carbonyl (C=O) groups is 1. The smallest absolute Gasteiger partial charge is 0.354 e. The summed E-state index contributed by atoms with van der Waals surface area (Å²) >= 11 is 0. The van der Waals surface area contributed by atoms with Crippen LogP contribution in [-0.4, -0.2) is 16.2 Å². The van der Waals surface area contributed by atoms with E-state index in [4.69, 9.17) is 0 Å². The number of alkyl halides is 3. The minimum Gasteiger partial charge on any atom is -0.354 e. The standard InChI is InChI=1S/C18H11F3N2O3/c19-18(20,21)14-6-4-11(5-7-14)16-9-13(10-24)17(22-16)12-2-1-3-15(8-12)23(25)26/h1-10,22H. The van der Waals surface area contributed by atoms with Gasteiger partial charge >= 0.3 is 6.18 Å². The van der Waals surface area contributed by atoms with E-state index in [0.29, 0.717) is 28.8 Å². The molecule has 0 aliphatic carbocycles. The maximum absolute atomic E-state index is 12.7. The molecule has 8 heteroatoms. The summed E-state index contributed by atoms with van der Waals surface area (Å²) in [4.78, 5) is 24.7. The number of nitro benzene ring substituents is 1. The van der Waals surface area contributed by atoms with E-state index < -0.39 is 16.7 Å². The Morgan fingerprint density at radius 1 is 1.00 bits per heavy atom. The van der Waals surface area contributed by atoms with Crippen LogP contribution < -0.4 is 0 Å². The first-order valence-electron chi connectivity index (χ1n) is 7.40. The maximum Gasteiger partial charge on any atom is 0.416 e. The van der Waals surface area contributed by atoms with Gasteiger partial charge < -0.3 is 4.98 Å². The normalized spacial score (nSPS) is 11.3. The van der Waals surface area contributed by atoms with Gasteiger partial charge in [-0.3, -0.25) is 14.9 Å². The predicted molar refractivity (Wildman–Crippen MR) is 88.7 cm³/mol. The van der Waals surface area contributed by atoms with Crippen LogP contribution in [0.15, 0.2) is 54.6 Å². The van der Waals surface area contributed by atoms with E-state index in [1.165, 1.54) is 36.4 Å². The second-order valence-corrected chi connectivity index (χ2v) is 5.51. The summed E-state index contributed by atoms with van der Waals surface area (Å²) in [6.07, 6.45) is -3.85. The third-order valence-electron chi connectivity index (χ3n) is 3.84. The fourth-order valence-electron chi connectivity index (χ4n) is 2.57. The van der Waals surface area contributed by atoms with Crippen LogP contribution in [0, 0.1) is 10.1 Å². The molecule has 0 radical (unpaired) electrons. The van der Waals surface area contributed by atoms with Gasteiger partial charge in [0.1, 0.15) is 0 Å². The molecule has 0 saturated heterocycles. The van der Waals surface area contributed by atoms with Gasteiger partial charge in [-0.05, 0) is 23.8 Å². The molecule has 0 spiro atoms. The largest absolute Gasteiger partial charge is 0.416 e. The van der Waals surface area contributed by atoms with Crippen LogP contribution >= 0.6 is 0 Å². The van der Waals surface area contributed by atoms with Crippen molar-refractivity contribution in [1.82, 2.24) is 4.98 Å². The van der Waals surface area contributed by atoms with Crippen molar-refractivity contribution in [1.29, 1.82) is 0 Å². The predicted octanol–water partition coefficient (Wildman–Crippen LogP) is 5.09. The minimum atomic E-state index is -4.43. The fraction of sp³-hybridized carbons (Fsp3) is 0.0556. The Hall–Kier alpha value is -3.42. The zero-order valence-corrected chi connectivity index (χ0v) is 13.1. The summed E-state index contributed by atoms with van der Waals surface area (Å²) in [5.74, 6) is 0. The third-order valence-corrected chi connectivity index (χ3v) is 3.84. The Morgan fingerprint density at radius 2 is 1.69 bits per heavy atom. The summed E-state index contributed by atoms with van der Waals surface area (Å²) in [5.41, 5.74) is 1.02. The first-order chi connectivity index (χ1) is 12.3. The number of aromatic nitrogens is 1. The van der Waals surface area contributed by atoms with E-state index in [9.17, 15) is 28.1 Å². The van der Waals surface area contributed by atoms with Crippen LogP contribution in [-0.2, 0) is 6.18 Å². The SMILES string of the molecule is O=Cc1cc(-c2ccc(C(F)(F)F)cc2)[nH]c1-c1cccc([N+](=O)[O-])c1. The zero-order chi connectivity index (χ0) is 18.9. The molecule has 3 rings (SSSR count). The number of H-pyrrole nitrogens is 1. The van der Waals surface area contributed by atoms with E-state index in [1.807, 2.05) is 0 Å². The molecule has 0 fully saturated rings. The van der Waals surface area contributed by atoms with Gasteiger partial charge in [0.25, 0.3) is 5.69 Å². The van der Waals surface area contributed by atoms with Crippen molar-refractivity contribution < 1.29 is 22.9 Å². The molecule has 1 heterocycles. The molecule has 1 N–H and O–H groups in total. The number of hydrogen-bond acceptors (Lipinski definition) is 3. The summed E-state index contributed by atoms with van der Waals surface area (Å²) in [6, 6.07) is 11.7. The lowest BCUT2D eigenvalue weighted by atomic mass is 10.1. The monoisotopic (exact) mass is 360 g/mol. The number of rotatable bonds is 4. The highest BCUT2D eigenvalue weighted by molar-refractivity contribution is 5.89. The molecule has 0 aliphatic heterocycles. The number of nitro groups is 1. The molecule has 0 amide bonds. The van der Waals surface area contributed by atoms with Crippen LogP contribution in [0.1, 0.15) is 15.9 Å². The van der Waals surface area contributed by atoms with Crippen molar-refractivity contribution in [2.45, 2.75) is 6.18 Å². The highest BCUT2D eigenvalue weighted by Crippen LogP contribution is 2.33. The quantitative estimate of drug-likeness (QED) is 0.400. The number of hydrogen-bond donors (Lipinski definition) is 1. The van der Waals surface area contributed by atoms with Gasteiger partial charge in [0.05, 0.1) is 16.2 Å². The van der Waals surface area contributed by atoms with E-state index in [1.54, 1.807) is 6.07 Å². The van der Waals surface area contributed by atoms with Crippen LogP contribution in [0.5, 0.6) is 0 Å². The first kappa shape index (κ1) is 17.4. The number of aromatic amines is 1. The van der Waals surface area contributed by atoms with Crippen molar-refractivity contribution in [3.8, 4) is 22.5 Å². The molecule has 0 bridgehead atoms. The van der Waals surface area contributed by atoms with Crippen LogP contribution in [0.25, 0.3) is 22.5 Å². The van der Waals surface area contributed by atoms with E-state index in [0.717, 1.165) is 12.1 Å². The van der Waals surface area contributed by atoms with Crippen LogP contribution in [0.4, 0.5) is 18.9 Å². The summed E-state index contributed by atoms with van der Waals surface area (Å²) in [5, 5.41) is 10.9. The van der Waals surface area contributed by atoms with Crippen molar-refractivity contribution in [3.05, 3.63) is 75.8 Å². The second kappa shape index (κ2) is 6.47. The first-order valence-corrected chi connectivity index (χ1v) is 7.40. The van der Waals surface area contributed by atoms with Gasteiger partial charge in [0, 0.05) is 29.0 Å². The molecular weight excluding hydrogens is 349 g/mol. The average molecular weight is 360 g/mol. The minimum absolute atomic E-state index is 0.134. The Morgan fingerprint density at radius 3 is 2.27 bits per heavy atom. The van der Waals surface area contributed by atoms with Crippen molar-refractivity contribution in [3.63, 3.8) is 0 Å². The van der Waals surface area contributed by atoms with E-state index in [-0.39, 0.29) is 11.3 Å². The molecule has 5 nitrogen and oxygen atoms in total. The number of halogens is 3. The Kier molecular flexibility index (Phi) is 4.33. The lowest BCUT2D eigenvalue weighted by Gasteiger charge is -2.07. The molecule has 26 heavy (non-hydrogen) atoms. The topological polar surface area (TPSA) is 76.0 Å². The van der Waals surface area contributed by atoms with Gasteiger partial charge in [-0.15, -0.1) is 0 Å². The summed E-state index contributed by atoms with van der Waals surface area (Å²) in [7, 11) is 0. The van der Waals surface area contributed by atoms with Gasteiger partial charge in [-0.2, -0.15) is 13.2 Å². The lowest BCUT2D eigenvalue weighted by Crippen LogP contribution is -2.03. The number of non-ortho nitro benzene ring substituents is 1. The lowest BCUT2D eigenvalue weighted by molar-refractivity contribution is -0.384. The summed E-state index contributed by atoms with van der Waals surface area (Å²) in [6.45, 7) is 0. The number of benzene rings is 2. The number of nitrogens with zero attached hydrogens (tertiary/aromatic N) is 1. The zero-order valence-electron chi connectivity index (χ0n) is 13.1.